The number of hydrogen-bond acceptors (Lipinski definition) is 5. The standard InChI is InChI=1S/C31H21BrCl2N2O5/c32-22-8-5-19(6-9-22)17-40-24-12-10-23(11-13-24)36-30(38)25(29(37)35-31(36)39)16-21-3-1-2-4-28(21)41-18-20-7-14-26(33)27(34)15-20/h1-16H,17-18H2,(H,35,37,39)/b25-16+. The molecule has 7 nitrogen and oxygen atoms in total. The Bertz CT molecular complexity index is 1660. The first-order valence-electron chi connectivity index (χ1n) is 12.3. The van der Waals surface area contributed by atoms with Gasteiger partial charge in [0, 0.05) is 10.0 Å². The molecule has 0 atom stereocenters. The zero-order chi connectivity index (χ0) is 28.9. The molecule has 0 aliphatic carbocycles. The molecule has 4 amide bonds. The molecule has 4 aromatic rings. The summed E-state index contributed by atoms with van der Waals surface area (Å²) >= 11 is 15.5. The number of carbonyl (C=O) groups is 3. The predicted molar refractivity (Wildman–Crippen MR) is 161 cm³/mol. The van der Waals surface area contributed by atoms with Crippen LogP contribution in [0.4, 0.5) is 10.5 Å². The van der Waals surface area contributed by atoms with Crippen molar-refractivity contribution in [3.63, 3.8) is 0 Å². The van der Waals surface area contributed by atoms with Crippen LogP contribution in [0.1, 0.15) is 16.7 Å². The maximum absolute atomic E-state index is 13.4. The van der Waals surface area contributed by atoms with Gasteiger partial charge in [0.05, 0.1) is 15.7 Å². The molecule has 0 spiro atoms. The topological polar surface area (TPSA) is 84.9 Å². The number of urea groups is 1. The van der Waals surface area contributed by atoms with Crippen LogP contribution in [0.3, 0.4) is 0 Å². The number of ether oxygens (including phenoxy) is 2. The lowest BCUT2D eigenvalue weighted by Gasteiger charge is -2.26. The number of amides is 4. The average molecular weight is 652 g/mol. The highest BCUT2D eigenvalue weighted by molar-refractivity contribution is 9.10. The Morgan fingerprint density at radius 1 is 0.780 bits per heavy atom. The highest BCUT2D eigenvalue weighted by atomic mass is 79.9. The lowest BCUT2D eigenvalue weighted by molar-refractivity contribution is -0.122. The lowest BCUT2D eigenvalue weighted by atomic mass is 10.1. The van der Waals surface area contributed by atoms with E-state index in [2.05, 4.69) is 21.2 Å². The zero-order valence-corrected chi connectivity index (χ0v) is 24.4. The number of carbonyl (C=O) groups excluding carboxylic acids is 3. The van der Waals surface area contributed by atoms with Crippen LogP contribution in [0, 0.1) is 0 Å². The van der Waals surface area contributed by atoms with Crippen molar-refractivity contribution in [3.8, 4) is 11.5 Å². The van der Waals surface area contributed by atoms with Crippen LogP contribution in [0.25, 0.3) is 6.08 Å². The minimum absolute atomic E-state index is 0.179. The molecular formula is C31H21BrCl2N2O5. The molecule has 0 bridgehead atoms. The quantitative estimate of drug-likeness (QED) is 0.157. The van der Waals surface area contributed by atoms with Crippen LogP contribution < -0.4 is 19.7 Å². The van der Waals surface area contributed by atoms with Crippen LogP contribution in [-0.4, -0.2) is 17.8 Å². The van der Waals surface area contributed by atoms with Gasteiger partial charge in [-0.25, -0.2) is 9.69 Å². The van der Waals surface area contributed by atoms with Gasteiger partial charge in [0.1, 0.15) is 30.3 Å². The fraction of sp³-hybridized carbons (Fsp3) is 0.0645. The van der Waals surface area contributed by atoms with Gasteiger partial charge in [-0.3, -0.25) is 14.9 Å². The first-order chi connectivity index (χ1) is 19.8. The highest BCUT2D eigenvalue weighted by Gasteiger charge is 2.37. The van der Waals surface area contributed by atoms with E-state index in [0.717, 1.165) is 20.5 Å². The average Bonchev–Trinajstić information content (AvgIpc) is 2.96. The van der Waals surface area contributed by atoms with Crippen molar-refractivity contribution >= 4 is 68.7 Å². The minimum Gasteiger partial charge on any atom is -0.489 e. The summed E-state index contributed by atoms with van der Waals surface area (Å²) in [5.74, 6) is -0.574. The molecular weight excluding hydrogens is 631 g/mol. The number of rotatable bonds is 8. The first kappa shape index (κ1) is 28.4. The molecule has 41 heavy (non-hydrogen) atoms. The summed E-state index contributed by atoms with van der Waals surface area (Å²) < 4.78 is 12.7. The van der Waals surface area contributed by atoms with Gasteiger partial charge in [0.25, 0.3) is 11.8 Å². The molecule has 0 aromatic heterocycles. The molecule has 0 saturated carbocycles. The van der Waals surface area contributed by atoms with Crippen molar-refractivity contribution in [3.05, 3.63) is 128 Å². The zero-order valence-electron chi connectivity index (χ0n) is 21.3. The van der Waals surface area contributed by atoms with E-state index in [4.69, 9.17) is 32.7 Å². The van der Waals surface area contributed by atoms with E-state index in [9.17, 15) is 14.4 Å². The maximum Gasteiger partial charge on any atom is 0.335 e. The van der Waals surface area contributed by atoms with Crippen LogP contribution >= 0.6 is 39.1 Å². The Hall–Kier alpha value is -4.11. The van der Waals surface area contributed by atoms with Gasteiger partial charge in [-0.1, -0.05) is 75.5 Å². The Balaban J connectivity index is 1.33. The minimum atomic E-state index is -0.843. The molecule has 206 valence electrons. The normalized spacial score (nSPS) is 14.3. The van der Waals surface area contributed by atoms with Gasteiger partial charge in [0.15, 0.2) is 0 Å². The molecule has 1 heterocycles. The second-order valence-corrected chi connectivity index (χ2v) is 10.7. The molecule has 0 radical (unpaired) electrons. The van der Waals surface area contributed by atoms with E-state index < -0.39 is 17.8 Å². The van der Waals surface area contributed by atoms with Crippen molar-refractivity contribution in [2.45, 2.75) is 13.2 Å². The van der Waals surface area contributed by atoms with Crippen molar-refractivity contribution in [1.82, 2.24) is 5.32 Å². The molecule has 1 fully saturated rings. The van der Waals surface area contributed by atoms with Gasteiger partial charge in [-0.15, -0.1) is 0 Å². The fourth-order valence-corrected chi connectivity index (χ4v) is 4.59. The number of nitrogens with one attached hydrogen (secondary N) is 1. The van der Waals surface area contributed by atoms with Crippen molar-refractivity contribution < 1.29 is 23.9 Å². The number of hydrogen-bond donors (Lipinski definition) is 1. The fourth-order valence-electron chi connectivity index (χ4n) is 4.01. The second-order valence-electron chi connectivity index (χ2n) is 8.94. The van der Waals surface area contributed by atoms with Gasteiger partial charge < -0.3 is 9.47 Å². The molecule has 1 aliphatic heterocycles. The number of nitrogens with zero attached hydrogens (tertiary/aromatic N) is 1. The third-order valence-electron chi connectivity index (χ3n) is 6.11. The maximum atomic E-state index is 13.4. The van der Waals surface area contributed by atoms with Crippen molar-refractivity contribution in [1.29, 1.82) is 0 Å². The second kappa shape index (κ2) is 12.6. The molecule has 1 aliphatic rings. The van der Waals surface area contributed by atoms with Crippen LogP contribution in [0.2, 0.25) is 10.0 Å². The van der Waals surface area contributed by atoms with Crippen molar-refractivity contribution in [2.24, 2.45) is 0 Å². The number of barbiturate groups is 1. The highest BCUT2D eigenvalue weighted by Crippen LogP contribution is 2.28. The van der Waals surface area contributed by atoms with Crippen LogP contribution in [0.5, 0.6) is 11.5 Å². The Labute approximate surface area is 254 Å². The van der Waals surface area contributed by atoms with Gasteiger partial charge >= 0.3 is 6.03 Å². The number of benzene rings is 4. The van der Waals surface area contributed by atoms with E-state index >= 15 is 0 Å². The number of halogens is 3. The van der Waals surface area contributed by atoms with E-state index in [-0.39, 0.29) is 17.9 Å². The molecule has 4 aromatic carbocycles. The molecule has 5 rings (SSSR count). The molecule has 10 heteroatoms. The third-order valence-corrected chi connectivity index (χ3v) is 7.38. The summed E-state index contributed by atoms with van der Waals surface area (Å²) in [7, 11) is 0. The molecule has 1 N–H and O–H groups in total. The first-order valence-corrected chi connectivity index (χ1v) is 13.9. The van der Waals surface area contributed by atoms with Crippen LogP contribution in [-0.2, 0) is 22.8 Å². The number of imide groups is 2. The van der Waals surface area contributed by atoms with E-state index in [1.165, 1.54) is 6.08 Å². The van der Waals surface area contributed by atoms with E-state index in [1.807, 2.05) is 24.3 Å². The smallest absolute Gasteiger partial charge is 0.335 e. The third kappa shape index (κ3) is 6.79. The van der Waals surface area contributed by atoms with Crippen molar-refractivity contribution in [2.75, 3.05) is 4.90 Å². The summed E-state index contributed by atoms with van der Waals surface area (Å²) in [5, 5.41) is 3.08. The Morgan fingerprint density at radius 3 is 2.20 bits per heavy atom. The summed E-state index contributed by atoms with van der Waals surface area (Å²) in [6.07, 6.45) is 1.40. The van der Waals surface area contributed by atoms with E-state index in [0.29, 0.717) is 33.7 Å². The largest absolute Gasteiger partial charge is 0.489 e. The predicted octanol–water partition coefficient (Wildman–Crippen LogP) is 7.58. The SMILES string of the molecule is O=C1NC(=O)N(c2ccc(OCc3ccc(Br)cc3)cc2)C(=O)/C1=C/c1ccccc1OCc1ccc(Cl)c(Cl)c1. The molecule has 1 saturated heterocycles. The Morgan fingerprint density at radius 2 is 1.46 bits per heavy atom. The summed E-state index contributed by atoms with van der Waals surface area (Å²) in [4.78, 5) is 39.7. The number of para-hydroxylation sites is 1. The molecule has 0 unspecified atom stereocenters. The van der Waals surface area contributed by atoms with Gasteiger partial charge in [0.2, 0.25) is 0 Å². The Kier molecular flexibility index (Phi) is 8.73. The summed E-state index contributed by atoms with van der Waals surface area (Å²) in [5.41, 5.74) is 2.32. The van der Waals surface area contributed by atoms with E-state index in [1.54, 1.807) is 66.7 Å². The number of anilines is 1. The summed E-state index contributed by atoms with van der Waals surface area (Å²) in [6, 6.07) is 25.5. The van der Waals surface area contributed by atoms with Gasteiger partial charge in [-0.05, 0) is 71.8 Å². The van der Waals surface area contributed by atoms with Crippen LogP contribution in [0.15, 0.2) is 101 Å². The van der Waals surface area contributed by atoms with Gasteiger partial charge in [-0.2, -0.15) is 0 Å². The monoisotopic (exact) mass is 650 g/mol. The summed E-state index contributed by atoms with van der Waals surface area (Å²) in [6.45, 7) is 0.530. The lowest BCUT2D eigenvalue weighted by Crippen LogP contribution is -2.54.